The van der Waals surface area contributed by atoms with Crippen LogP contribution in [-0.2, 0) is 4.74 Å². The third kappa shape index (κ3) is 1.44. The van der Waals surface area contributed by atoms with Crippen LogP contribution < -0.4 is 5.32 Å². The molecule has 0 aromatic carbocycles. The van der Waals surface area contributed by atoms with Crippen LogP contribution in [0.5, 0.6) is 0 Å². The average Bonchev–Trinajstić information content (AvgIpc) is 3.00. The Morgan fingerprint density at radius 1 is 1.47 bits per heavy atom. The first kappa shape index (κ1) is 9.48. The predicted molar refractivity (Wildman–Crippen MR) is 65.1 cm³/mol. The van der Waals surface area contributed by atoms with Crippen molar-refractivity contribution in [3.63, 3.8) is 0 Å². The Hall–Kier alpha value is -1.55. The summed E-state index contributed by atoms with van der Waals surface area (Å²) in [7, 11) is 0. The van der Waals surface area contributed by atoms with E-state index in [0.717, 1.165) is 24.5 Å². The standard InChI is InChI=1S/C13H15N3O/c1-2-12-14-3-4-16(12)7-10(1)15-8-13-5-11(6-13)17-9-13/h1-4,7,11,15H,5-6,8-9H2. The summed E-state index contributed by atoms with van der Waals surface area (Å²) in [5, 5.41) is 3.52. The maximum absolute atomic E-state index is 5.62. The number of nitrogens with zero attached hydrogens (tertiary/aromatic N) is 2. The number of pyridine rings is 1. The summed E-state index contributed by atoms with van der Waals surface area (Å²) in [6.07, 6.45) is 8.88. The summed E-state index contributed by atoms with van der Waals surface area (Å²) in [5.74, 6) is 0. The molecule has 0 atom stereocenters. The lowest BCUT2D eigenvalue weighted by Gasteiger charge is -2.35. The van der Waals surface area contributed by atoms with Crippen molar-refractivity contribution in [3.05, 3.63) is 30.7 Å². The molecule has 88 valence electrons. The molecular formula is C13H15N3O. The molecule has 2 aromatic heterocycles. The summed E-state index contributed by atoms with van der Waals surface area (Å²) in [6.45, 7) is 1.95. The van der Waals surface area contributed by atoms with Gasteiger partial charge in [0.05, 0.1) is 18.4 Å². The van der Waals surface area contributed by atoms with Crippen LogP contribution in [0, 0.1) is 5.41 Å². The van der Waals surface area contributed by atoms with Gasteiger partial charge in [-0.25, -0.2) is 4.98 Å². The third-order valence-electron chi connectivity index (χ3n) is 4.00. The zero-order valence-electron chi connectivity index (χ0n) is 9.60. The van der Waals surface area contributed by atoms with E-state index in [0.29, 0.717) is 11.5 Å². The maximum Gasteiger partial charge on any atom is 0.136 e. The van der Waals surface area contributed by atoms with Crippen molar-refractivity contribution in [2.45, 2.75) is 18.9 Å². The van der Waals surface area contributed by atoms with E-state index in [1.54, 1.807) is 0 Å². The van der Waals surface area contributed by atoms with Crippen molar-refractivity contribution in [1.82, 2.24) is 9.38 Å². The number of hydrogen-bond donors (Lipinski definition) is 1. The molecule has 17 heavy (non-hydrogen) atoms. The van der Waals surface area contributed by atoms with Gasteiger partial charge in [0, 0.05) is 30.6 Å². The van der Waals surface area contributed by atoms with E-state index in [2.05, 4.69) is 22.6 Å². The number of nitrogens with one attached hydrogen (secondary N) is 1. The fourth-order valence-electron chi connectivity index (χ4n) is 2.95. The average molecular weight is 229 g/mol. The second-order valence-electron chi connectivity index (χ2n) is 5.31. The minimum atomic E-state index is 0.411. The first-order valence-electron chi connectivity index (χ1n) is 6.11. The van der Waals surface area contributed by atoms with E-state index in [-0.39, 0.29) is 0 Å². The van der Waals surface area contributed by atoms with Gasteiger partial charge >= 0.3 is 0 Å². The first-order valence-corrected chi connectivity index (χ1v) is 6.11. The molecule has 4 nitrogen and oxygen atoms in total. The van der Waals surface area contributed by atoms with Crippen LogP contribution in [0.2, 0.25) is 0 Å². The summed E-state index contributed by atoms with van der Waals surface area (Å²) in [4.78, 5) is 4.23. The molecule has 1 saturated carbocycles. The molecular weight excluding hydrogens is 214 g/mol. The van der Waals surface area contributed by atoms with Gasteiger partial charge in [-0.15, -0.1) is 0 Å². The molecule has 2 saturated heterocycles. The third-order valence-corrected chi connectivity index (χ3v) is 4.00. The van der Waals surface area contributed by atoms with Gasteiger partial charge in [-0.2, -0.15) is 0 Å². The lowest BCUT2D eigenvalue weighted by Crippen LogP contribution is -2.38. The lowest BCUT2D eigenvalue weighted by molar-refractivity contribution is 0.114. The largest absolute Gasteiger partial charge is 0.383 e. The van der Waals surface area contributed by atoms with Crippen molar-refractivity contribution in [1.29, 1.82) is 0 Å². The molecule has 2 aromatic rings. The van der Waals surface area contributed by atoms with Gasteiger partial charge in [0.15, 0.2) is 0 Å². The zero-order valence-corrected chi connectivity index (χ0v) is 9.60. The second-order valence-corrected chi connectivity index (χ2v) is 5.31. The summed E-state index contributed by atoms with van der Waals surface area (Å²) in [6, 6.07) is 4.12. The molecule has 2 aliphatic heterocycles. The summed E-state index contributed by atoms with van der Waals surface area (Å²) < 4.78 is 7.66. The fraction of sp³-hybridized carbons (Fsp3) is 0.462. The van der Waals surface area contributed by atoms with Gasteiger partial charge < -0.3 is 14.5 Å². The van der Waals surface area contributed by atoms with Crippen LogP contribution in [0.15, 0.2) is 30.7 Å². The van der Waals surface area contributed by atoms with Crippen molar-refractivity contribution in [2.75, 3.05) is 18.5 Å². The van der Waals surface area contributed by atoms with Crippen LogP contribution in [-0.4, -0.2) is 28.6 Å². The van der Waals surface area contributed by atoms with Gasteiger partial charge in [0.25, 0.3) is 0 Å². The smallest absolute Gasteiger partial charge is 0.136 e. The molecule has 0 radical (unpaired) electrons. The number of rotatable bonds is 3. The highest BCUT2D eigenvalue weighted by Gasteiger charge is 2.51. The molecule has 1 aliphatic carbocycles. The highest BCUT2D eigenvalue weighted by Crippen LogP contribution is 2.49. The predicted octanol–water partition coefficient (Wildman–Crippen LogP) is 1.93. The summed E-state index contributed by atoms with van der Waals surface area (Å²) in [5.41, 5.74) is 2.55. The zero-order chi connectivity index (χ0) is 11.3. The van der Waals surface area contributed by atoms with E-state index >= 15 is 0 Å². The van der Waals surface area contributed by atoms with E-state index in [1.807, 2.05) is 22.9 Å². The molecule has 4 heterocycles. The Morgan fingerprint density at radius 3 is 3.24 bits per heavy atom. The Balaban J connectivity index is 1.51. The van der Waals surface area contributed by atoms with Gasteiger partial charge in [-0.3, -0.25) is 0 Å². The highest BCUT2D eigenvalue weighted by atomic mass is 16.5. The molecule has 0 amide bonds. The number of ether oxygens (including phenoxy) is 1. The minimum Gasteiger partial charge on any atom is -0.383 e. The molecule has 0 unspecified atom stereocenters. The van der Waals surface area contributed by atoms with Crippen molar-refractivity contribution in [3.8, 4) is 0 Å². The molecule has 1 N–H and O–H groups in total. The number of anilines is 1. The molecule has 0 spiro atoms. The van der Waals surface area contributed by atoms with Crippen molar-refractivity contribution in [2.24, 2.45) is 5.41 Å². The van der Waals surface area contributed by atoms with Gasteiger partial charge in [-0.1, -0.05) is 0 Å². The topological polar surface area (TPSA) is 38.6 Å². The van der Waals surface area contributed by atoms with Crippen molar-refractivity contribution < 1.29 is 4.74 Å². The van der Waals surface area contributed by atoms with E-state index < -0.39 is 0 Å². The van der Waals surface area contributed by atoms with Crippen molar-refractivity contribution >= 4 is 11.3 Å². The van der Waals surface area contributed by atoms with Crippen LogP contribution in [0.4, 0.5) is 5.69 Å². The lowest BCUT2D eigenvalue weighted by atomic mass is 9.70. The minimum absolute atomic E-state index is 0.411. The highest BCUT2D eigenvalue weighted by molar-refractivity contribution is 5.50. The fourth-order valence-corrected chi connectivity index (χ4v) is 2.95. The number of imidazole rings is 1. The van der Waals surface area contributed by atoms with Gasteiger partial charge in [0.2, 0.25) is 0 Å². The summed E-state index contributed by atoms with van der Waals surface area (Å²) >= 11 is 0. The Kier molecular flexibility index (Phi) is 1.80. The van der Waals surface area contributed by atoms with Crippen LogP contribution >= 0.6 is 0 Å². The maximum atomic E-state index is 5.62. The Labute approximate surface area is 99.6 Å². The normalized spacial score (nSPS) is 30.5. The van der Waals surface area contributed by atoms with E-state index in [1.165, 1.54) is 12.8 Å². The molecule has 3 fully saturated rings. The van der Waals surface area contributed by atoms with E-state index in [9.17, 15) is 0 Å². The SMILES string of the molecule is c1cn2cc(NCC34COC(C3)C4)ccc2n1. The van der Waals surface area contributed by atoms with E-state index in [4.69, 9.17) is 4.74 Å². The Morgan fingerprint density at radius 2 is 2.41 bits per heavy atom. The number of fused-ring (bicyclic) bond motifs is 2. The van der Waals surface area contributed by atoms with Gasteiger partial charge in [0.1, 0.15) is 5.65 Å². The number of aromatic nitrogens is 2. The van der Waals surface area contributed by atoms with Crippen LogP contribution in [0.25, 0.3) is 5.65 Å². The monoisotopic (exact) mass is 229 g/mol. The van der Waals surface area contributed by atoms with Crippen LogP contribution in [0.3, 0.4) is 0 Å². The second kappa shape index (κ2) is 3.23. The Bertz CT molecular complexity index is 551. The van der Waals surface area contributed by atoms with Crippen LogP contribution in [0.1, 0.15) is 12.8 Å². The molecule has 2 bridgehead atoms. The first-order chi connectivity index (χ1) is 8.33. The molecule has 5 rings (SSSR count). The quantitative estimate of drug-likeness (QED) is 0.874. The molecule has 4 heteroatoms. The van der Waals surface area contributed by atoms with Gasteiger partial charge in [-0.05, 0) is 25.0 Å². The number of hydrogen-bond acceptors (Lipinski definition) is 3. The molecule has 3 aliphatic rings.